The van der Waals surface area contributed by atoms with Crippen molar-refractivity contribution in [2.24, 2.45) is 0 Å². The zero-order valence-electron chi connectivity index (χ0n) is 14.2. The van der Waals surface area contributed by atoms with Crippen LogP contribution in [0.25, 0.3) is 0 Å². The molecule has 1 aliphatic rings. The van der Waals surface area contributed by atoms with Crippen LogP contribution in [0.3, 0.4) is 0 Å². The Morgan fingerprint density at radius 3 is 2.92 bits per heavy atom. The van der Waals surface area contributed by atoms with Crippen LogP contribution in [0.5, 0.6) is 0 Å². The normalized spacial score (nSPS) is 17.5. The number of aryl methyl sites for hydroxylation is 1. The number of anilines is 1. The van der Waals surface area contributed by atoms with Gasteiger partial charge in [0.1, 0.15) is 0 Å². The number of rotatable bonds is 3. The highest BCUT2D eigenvalue weighted by molar-refractivity contribution is 6.31. The van der Waals surface area contributed by atoms with E-state index < -0.39 is 0 Å². The van der Waals surface area contributed by atoms with E-state index in [0.29, 0.717) is 17.5 Å². The van der Waals surface area contributed by atoms with E-state index in [0.717, 1.165) is 35.5 Å². The number of carbonyl (C=O) groups is 1. The molecule has 1 fully saturated rings. The standard InChI is InChI=1S/C18H22ClN3O2/c1-11(2)14-10-17(24-21-14)16-5-4-8-22(16)18(23)20-15-9-13(19)7-6-12(15)3/h6-7,9-11,16H,4-5,8H2,1-3H3,(H,20,23). The van der Waals surface area contributed by atoms with Crippen LogP contribution >= 0.6 is 11.6 Å². The summed E-state index contributed by atoms with van der Waals surface area (Å²) in [6.07, 6.45) is 1.83. The zero-order valence-corrected chi connectivity index (χ0v) is 14.9. The summed E-state index contributed by atoms with van der Waals surface area (Å²) in [5, 5.41) is 7.68. The lowest BCUT2D eigenvalue weighted by Crippen LogP contribution is -2.34. The van der Waals surface area contributed by atoms with Gasteiger partial charge in [-0.25, -0.2) is 4.79 Å². The molecule has 1 aromatic heterocycles. The molecular weight excluding hydrogens is 326 g/mol. The number of aromatic nitrogens is 1. The van der Waals surface area contributed by atoms with E-state index in [-0.39, 0.29) is 12.1 Å². The average molecular weight is 348 g/mol. The summed E-state index contributed by atoms with van der Waals surface area (Å²) in [7, 11) is 0. The molecule has 1 aliphatic heterocycles. The molecule has 2 heterocycles. The van der Waals surface area contributed by atoms with Gasteiger partial charge >= 0.3 is 6.03 Å². The predicted octanol–water partition coefficient (Wildman–Crippen LogP) is 5.13. The molecule has 128 valence electrons. The number of nitrogens with one attached hydrogen (secondary N) is 1. The summed E-state index contributed by atoms with van der Waals surface area (Å²) in [5.41, 5.74) is 2.63. The monoisotopic (exact) mass is 347 g/mol. The van der Waals surface area contributed by atoms with Crippen LogP contribution in [-0.4, -0.2) is 22.6 Å². The van der Waals surface area contributed by atoms with Crippen molar-refractivity contribution in [3.63, 3.8) is 0 Å². The smallest absolute Gasteiger partial charge is 0.322 e. The third kappa shape index (κ3) is 3.41. The van der Waals surface area contributed by atoms with Gasteiger partial charge < -0.3 is 14.7 Å². The van der Waals surface area contributed by atoms with Crippen molar-refractivity contribution in [2.45, 2.75) is 45.6 Å². The van der Waals surface area contributed by atoms with Gasteiger partial charge in [-0.15, -0.1) is 0 Å². The molecule has 0 bridgehead atoms. The lowest BCUT2D eigenvalue weighted by atomic mass is 10.1. The molecule has 24 heavy (non-hydrogen) atoms. The highest BCUT2D eigenvalue weighted by Gasteiger charge is 2.33. The van der Waals surface area contributed by atoms with Crippen LogP contribution in [0, 0.1) is 6.92 Å². The van der Waals surface area contributed by atoms with Crippen molar-refractivity contribution in [1.82, 2.24) is 10.1 Å². The zero-order chi connectivity index (χ0) is 17.3. The van der Waals surface area contributed by atoms with E-state index in [1.807, 2.05) is 30.0 Å². The van der Waals surface area contributed by atoms with Crippen molar-refractivity contribution in [2.75, 3.05) is 11.9 Å². The third-order valence-electron chi connectivity index (χ3n) is 4.42. The Balaban J connectivity index is 1.77. The number of hydrogen-bond donors (Lipinski definition) is 1. The Hall–Kier alpha value is -2.01. The summed E-state index contributed by atoms with van der Waals surface area (Å²) in [6, 6.07) is 7.24. The van der Waals surface area contributed by atoms with Crippen molar-refractivity contribution in [1.29, 1.82) is 0 Å². The second kappa shape index (κ2) is 6.85. The Morgan fingerprint density at radius 1 is 1.42 bits per heavy atom. The van der Waals surface area contributed by atoms with Crippen molar-refractivity contribution in [3.8, 4) is 0 Å². The van der Waals surface area contributed by atoms with Crippen LogP contribution in [0.1, 0.15) is 55.7 Å². The maximum Gasteiger partial charge on any atom is 0.322 e. The number of carbonyl (C=O) groups excluding carboxylic acids is 1. The van der Waals surface area contributed by atoms with Gasteiger partial charge in [0.25, 0.3) is 0 Å². The lowest BCUT2D eigenvalue weighted by Gasteiger charge is -2.23. The second-order valence-electron chi connectivity index (χ2n) is 6.55. The molecule has 5 nitrogen and oxygen atoms in total. The van der Waals surface area contributed by atoms with E-state index in [4.69, 9.17) is 16.1 Å². The Morgan fingerprint density at radius 2 is 2.21 bits per heavy atom. The van der Waals surface area contributed by atoms with Crippen LogP contribution < -0.4 is 5.32 Å². The topological polar surface area (TPSA) is 58.4 Å². The Labute approximate surface area is 147 Å². The SMILES string of the molecule is Cc1ccc(Cl)cc1NC(=O)N1CCCC1c1cc(C(C)C)no1. The van der Waals surface area contributed by atoms with E-state index in [9.17, 15) is 4.79 Å². The fourth-order valence-electron chi connectivity index (χ4n) is 2.95. The minimum atomic E-state index is -0.134. The fourth-order valence-corrected chi connectivity index (χ4v) is 3.13. The maximum absolute atomic E-state index is 12.7. The molecule has 0 spiro atoms. The summed E-state index contributed by atoms with van der Waals surface area (Å²) < 4.78 is 5.49. The van der Waals surface area contributed by atoms with Gasteiger partial charge in [0, 0.05) is 23.3 Å². The largest absolute Gasteiger partial charge is 0.359 e. The average Bonchev–Trinajstić information content (AvgIpc) is 3.18. The number of urea groups is 1. The molecule has 1 N–H and O–H groups in total. The van der Waals surface area contributed by atoms with Crippen molar-refractivity contribution >= 4 is 23.3 Å². The van der Waals surface area contributed by atoms with Crippen LogP contribution in [0.2, 0.25) is 5.02 Å². The first kappa shape index (κ1) is 16.8. The van der Waals surface area contributed by atoms with Gasteiger partial charge in [0.2, 0.25) is 0 Å². The van der Waals surface area contributed by atoms with Gasteiger partial charge in [-0.05, 0) is 43.4 Å². The molecular formula is C18H22ClN3O2. The second-order valence-corrected chi connectivity index (χ2v) is 6.99. The number of hydrogen-bond acceptors (Lipinski definition) is 3. The molecule has 2 amide bonds. The first-order valence-corrected chi connectivity index (χ1v) is 8.64. The van der Waals surface area contributed by atoms with Gasteiger partial charge in [-0.3, -0.25) is 0 Å². The fraction of sp³-hybridized carbons (Fsp3) is 0.444. The Kier molecular flexibility index (Phi) is 4.81. The van der Waals surface area contributed by atoms with E-state index in [1.165, 1.54) is 0 Å². The van der Waals surface area contributed by atoms with Crippen molar-refractivity contribution < 1.29 is 9.32 Å². The molecule has 0 saturated carbocycles. The number of benzene rings is 1. The third-order valence-corrected chi connectivity index (χ3v) is 4.66. The molecule has 1 atom stereocenters. The molecule has 0 radical (unpaired) electrons. The molecule has 0 aliphatic carbocycles. The summed E-state index contributed by atoms with van der Waals surface area (Å²) in [6.45, 7) is 6.79. The van der Waals surface area contributed by atoms with Gasteiger partial charge in [-0.2, -0.15) is 0 Å². The van der Waals surface area contributed by atoms with Crippen LogP contribution in [-0.2, 0) is 0 Å². The summed E-state index contributed by atoms with van der Waals surface area (Å²) >= 11 is 6.03. The first-order chi connectivity index (χ1) is 11.5. The molecule has 1 saturated heterocycles. The van der Waals surface area contributed by atoms with Crippen molar-refractivity contribution in [3.05, 3.63) is 46.3 Å². The summed E-state index contributed by atoms with van der Waals surface area (Å²) in [5.74, 6) is 1.06. The Bertz CT molecular complexity index is 742. The first-order valence-electron chi connectivity index (χ1n) is 8.26. The minimum Gasteiger partial charge on any atom is -0.359 e. The molecule has 6 heteroatoms. The molecule has 1 aromatic carbocycles. The van der Waals surface area contributed by atoms with Crippen LogP contribution in [0.4, 0.5) is 10.5 Å². The molecule has 3 rings (SSSR count). The van der Waals surface area contributed by atoms with E-state index in [2.05, 4.69) is 24.3 Å². The number of halogens is 1. The molecule has 1 unspecified atom stereocenters. The number of likely N-dealkylation sites (tertiary alicyclic amines) is 1. The van der Waals surface area contributed by atoms with E-state index in [1.54, 1.807) is 6.07 Å². The van der Waals surface area contributed by atoms with Gasteiger partial charge in [0.05, 0.1) is 11.7 Å². The predicted molar refractivity (Wildman–Crippen MR) is 94.5 cm³/mol. The molecule has 2 aromatic rings. The minimum absolute atomic E-state index is 0.0653. The number of nitrogens with zero attached hydrogens (tertiary/aromatic N) is 2. The quantitative estimate of drug-likeness (QED) is 0.837. The number of amides is 2. The van der Waals surface area contributed by atoms with Crippen LogP contribution in [0.15, 0.2) is 28.8 Å². The van der Waals surface area contributed by atoms with E-state index >= 15 is 0 Å². The van der Waals surface area contributed by atoms with Gasteiger partial charge in [-0.1, -0.05) is 36.7 Å². The lowest BCUT2D eigenvalue weighted by molar-refractivity contribution is 0.195. The summed E-state index contributed by atoms with van der Waals surface area (Å²) in [4.78, 5) is 14.5. The highest BCUT2D eigenvalue weighted by Crippen LogP contribution is 2.34. The highest BCUT2D eigenvalue weighted by atomic mass is 35.5. The van der Waals surface area contributed by atoms with Gasteiger partial charge in [0.15, 0.2) is 5.76 Å². The maximum atomic E-state index is 12.7.